The van der Waals surface area contributed by atoms with E-state index in [1.54, 1.807) is 31.5 Å². The molecule has 19 heavy (non-hydrogen) atoms. The third-order valence-electron chi connectivity index (χ3n) is 1.36. The Labute approximate surface area is 104 Å². The molecule has 1 aromatic heterocycles. The van der Waals surface area contributed by atoms with Crippen molar-refractivity contribution >= 4 is 13.8 Å². The van der Waals surface area contributed by atoms with E-state index in [2.05, 4.69) is 0 Å². The summed E-state index contributed by atoms with van der Waals surface area (Å²) in [6, 6.07) is 3.22. The summed E-state index contributed by atoms with van der Waals surface area (Å²) in [7, 11) is -10.7. The van der Waals surface area contributed by atoms with Crippen LogP contribution in [0.4, 0.5) is 25.2 Å². The number of nitrogens with zero attached hydrogens (tertiary/aromatic N) is 1. The van der Waals surface area contributed by atoms with Gasteiger partial charge in [-0.25, -0.2) is 10.6 Å². The van der Waals surface area contributed by atoms with Crippen molar-refractivity contribution in [3.63, 3.8) is 0 Å². The van der Waals surface area contributed by atoms with Gasteiger partial charge in [-0.2, -0.15) is 0 Å². The molecular formula is C8H11F6N2O2P. The number of halogens is 6. The number of ether oxygens (including phenoxy) is 1. The van der Waals surface area contributed by atoms with Crippen LogP contribution >= 0.6 is 7.81 Å². The number of pyridine rings is 1. The van der Waals surface area contributed by atoms with E-state index >= 15 is 0 Å². The van der Waals surface area contributed by atoms with E-state index in [-0.39, 0.29) is 5.97 Å². The first kappa shape index (κ1) is 17.4. The Hall–Kier alpha value is -1.57. The SMILES string of the molecule is CCOC(=O)c1cc[n+](N)cc1.F[P-](F)(F)(F)(F)F. The van der Waals surface area contributed by atoms with Gasteiger partial charge in [0.05, 0.1) is 12.2 Å². The standard InChI is InChI=1S/C8H10N2O2.F6P/c1-2-12-8(11)7-3-5-10(9)6-4-7;1-7(2,3,4,5)6/h3-6H,2H2,1H3,(H-,9,11);/q;-1/p+1. The van der Waals surface area contributed by atoms with Crippen LogP contribution in [0.15, 0.2) is 24.5 Å². The fourth-order valence-corrected chi connectivity index (χ4v) is 0.788. The zero-order valence-electron chi connectivity index (χ0n) is 9.57. The Kier molecular flexibility index (Phi) is 4.44. The zero-order valence-corrected chi connectivity index (χ0v) is 10.5. The van der Waals surface area contributed by atoms with E-state index < -0.39 is 7.81 Å². The predicted octanol–water partition coefficient (Wildman–Crippen LogP) is 3.25. The fraction of sp³-hybridized carbons (Fsp3) is 0.250. The molecule has 1 heterocycles. The Morgan fingerprint density at radius 3 is 1.89 bits per heavy atom. The van der Waals surface area contributed by atoms with Crippen molar-refractivity contribution in [2.75, 3.05) is 12.4 Å². The second-order valence-electron chi connectivity index (χ2n) is 3.21. The van der Waals surface area contributed by atoms with Gasteiger partial charge in [0.25, 0.3) is 0 Å². The van der Waals surface area contributed by atoms with Crippen LogP contribution in [-0.2, 0) is 4.74 Å². The van der Waals surface area contributed by atoms with E-state index in [1.165, 1.54) is 4.68 Å². The van der Waals surface area contributed by atoms with Crippen LogP contribution in [0.5, 0.6) is 0 Å². The van der Waals surface area contributed by atoms with Crippen LogP contribution in [-0.4, -0.2) is 12.6 Å². The summed E-state index contributed by atoms with van der Waals surface area (Å²) in [6.07, 6.45) is 3.18. The quantitative estimate of drug-likeness (QED) is 0.300. The third kappa shape index (κ3) is 14.4. The minimum atomic E-state index is -10.7. The van der Waals surface area contributed by atoms with E-state index in [4.69, 9.17) is 10.6 Å². The zero-order chi connectivity index (χ0) is 15.4. The molecular weight excluding hydrogens is 301 g/mol. The molecule has 112 valence electrons. The van der Waals surface area contributed by atoms with Crippen molar-refractivity contribution in [2.45, 2.75) is 6.92 Å². The van der Waals surface area contributed by atoms with Crippen molar-refractivity contribution in [1.82, 2.24) is 0 Å². The number of rotatable bonds is 2. The van der Waals surface area contributed by atoms with Gasteiger partial charge in [0, 0.05) is 12.1 Å². The Bertz CT molecular complexity index is 432. The molecule has 0 aromatic carbocycles. The molecule has 1 rings (SSSR count). The maximum absolute atomic E-state index is 11.1. The number of aromatic nitrogens is 1. The summed E-state index contributed by atoms with van der Waals surface area (Å²) in [5.74, 6) is 5.04. The van der Waals surface area contributed by atoms with Gasteiger partial charge in [0.1, 0.15) is 0 Å². The van der Waals surface area contributed by atoms with Crippen molar-refractivity contribution in [1.29, 1.82) is 0 Å². The molecule has 0 bridgehead atoms. The molecule has 2 N–H and O–H groups in total. The Morgan fingerprint density at radius 1 is 1.21 bits per heavy atom. The average molecular weight is 312 g/mol. The first-order valence-electron chi connectivity index (χ1n) is 4.69. The maximum atomic E-state index is 11.1. The van der Waals surface area contributed by atoms with Crippen LogP contribution < -0.4 is 10.5 Å². The van der Waals surface area contributed by atoms with E-state index in [1.807, 2.05) is 0 Å². The Balaban J connectivity index is 0.000000399. The second-order valence-corrected chi connectivity index (χ2v) is 5.13. The van der Waals surface area contributed by atoms with Gasteiger partial charge in [-0.1, -0.05) is 4.68 Å². The number of nitrogens with two attached hydrogens (primary N) is 1. The van der Waals surface area contributed by atoms with Crippen LogP contribution in [0.2, 0.25) is 0 Å². The normalized spacial score (nSPS) is 14.5. The number of hydrogen-bond acceptors (Lipinski definition) is 3. The fourth-order valence-electron chi connectivity index (χ4n) is 0.788. The number of hydrogen-bond donors (Lipinski definition) is 1. The van der Waals surface area contributed by atoms with E-state index in [0.29, 0.717) is 12.2 Å². The summed E-state index contributed by atoms with van der Waals surface area (Å²) in [6.45, 7) is 2.15. The molecule has 0 amide bonds. The van der Waals surface area contributed by atoms with Crippen LogP contribution in [0.3, 0.4) is 0 Å². The van der Waals surface area contributed by atoms with Crippen LogP contribution in [0.25, 0.3) is 0 Å². The van der Waals surface area contributed by atoms with Crippen molar-refractivity contribution in [3.8, 4) is 0 Å². The van der Waals surface area contributed by atoms with Crippen LogP contribution in [0.1, 0.15) is 17.3 Å². The average Bonchev–Trinajstić information content (AvgIpc) is 2.14. The monoisotopic (exact) mass is 312 g/mol. The van der Waals surface area contributed by atoms with E-state index in [0.717, 1.165) is 0 Å². The molecule has 0 unspecified atom stereocenters. The van der Waals surface area contributed by atoms with Crippen molar-refractivity contribution in [3.05, 3.63) is 30.1 Å². The number of nitrogen functional groups attached to an aromatic ring is 1. The summed E-state index contributed by atoms with van der Waals surface area (Å²) in [5.41, 5.74) is 0.513. The molecule has 0 radical (unpaired) electrons. The summed E-state index contributed by atoms with van der Waals surface area (Å²) >= 11 is 0. The molecule has 0 saturated carbocycles. The molecule has 0 aliphatic rings. The topological polar surface area (TPSA) is 56.2 Å². The minimum absolute atomic E-state index is 0.321. The summed E-state index contributed by atoms with van der Waals surface area (Å²) in [4.78, 5) is 11.1. The van der Waals surface area contributed by atoms with Gasteiger partial charge >= 0.3 is 39.0 Å². The molecule has 0 saturated heterocycles. The summed E-state index contributed by atoms with van der Waals surface area (Å²) in [5, 5.41) is 0. The molecule has 0 spiro atoms. The van der Waals surface area contributed by atoms with E-state index in [9.17, 15) is 30.0 Å². The molecule has 4 nitrogen and oxygen atoms in total. The molecule has 0 aliphatic carbocycles. The predicted molar refractivity (Wildman–Crippen MR) is 56.3 cm³/mol. The molecule has 0 aliphatic heterocycles. The molecule has 11 heteroatoms. The van der Waals surface area contributed by atoms with Gasteiger partial charge in [-0.15, -0.1) is 0 Å². The Morgan fingerprint density at radius 2 is 1.58 bits per heavy atom. The molecule has 0 fully saturated rings. The third-order valence-corrected chi connectivity index (χ3v) is 1.36. The molecule has 1 aromatic rings. The number of carbonyl (C=O) groups excluding carboxylic acids is 1. The van der Waals surface area contributed by atoms with Gasteiger partial charge in [-0.05, 0) is 6.92 Å². The van der Waals surface area contributed by atoms with Gasteiger partial charge < -0.3 is 4.74 Å². The van der Waals surface area contributed by atoms with Crippen molar-refractivity contribution in [2.24, 2.45) is 0 Å². The number of carbonyl (C=O) groups is 1. The molecule has 0 atom stereocenters. The second kappa shape index (κ2) is 4.84. The van der Waals surface area contributed by atoms with Gasteiger partial charge in [0.15, 0.2) is 12.4 Å². The first-order valence-corrected chi connectivity index (χ1v) is 6.72. The first-order chi connectivity index (χ1) is 8.19. The van der Waals surface area contributed by atoms with Gasteiger partial charge in [0.2, 0.25) is 0 Å². The van der Waals surface area contributed by atoms with Crippen molar-refractivity contribution < 1.29 is 39.4 Å². The van der Waals surface area contributed by atoms with Crippen LogP contribution in [0, 0.1) is 0 Å². The summed E-state index contributed by atoms with van der Waals surface area (Å²) < 4.78 is 65.3. The number of esters is 1. The van der Waals surface area contributed by atoms with Gasteiger partial charge in [-0.3, -0.25) is 0 Å².